The number of aromatic hydroxyl groups is 1. The SMILES string of the molecule is CCOc1cc(/C=N/NC(=O)CSc2ccc(C)cc2)cc(Br)c1O. The fraction of sp³-hybridized carbons (Fsp3) is 0.222. The zero-order valence-corrected chi connectivity index (χ0v) is 16.4. The van der Waals surface area contributed by atoms with E-state index in [0.717, 1.165) is 4.90 Å². The number of amides is 1. The van der Waals surface area contributed by atoms with Crippen LogP contribution in [0.15, 0.2) is 50.9 Å². The average molecular weight is 423 g/mol. The van der Waals surface area contributed by atoms with Gasteiger partial charge < -0.3 is 9.84 Å². The lowest BCUT2D eigenvalue weighted by Gasteiger charge is -2.08. The predicted molar refractivity (Wildman–Crippen MR) is 105 cm³/mol. The van der Waals surface area contributed by atoms with Gasteiger partial charge in [-0.25, -0.2) is 5.43 Å². The zero-order valence-electron chi connectivity index (χ0n) is 14.0. The Morgan fingerprint density at radius 3 is 2.76 bits per heavy atom. The van der Waals surface area contributed by atoms with Gasteiger partial charge in [-0.05, 0) is 59.6 Å². The highest BCUT2D eigenvalue weighted by Gasteiger charge is 2.08. The fourth-order valence-electron chi connectivity index (χ4n) is 1.93. The minimum absolute atomic E-state index is 0.0394. The van der Waals surface area contributed by atoms with Crippen LogP contribution in [0.2, 0.25) is 0 Å². The van der Waals surface area contributed by atoms with Crippen LogP contribution in [-0.4, -0.2) is 29.6 Å². The van der Waals surface area contributed by atoms with Crippen LogP contribution >= 0.6 is 27.7 Å². The second-order valence-corrected chi connectivity index (χ2v) is 7.08. The highest BCUT2D eigenvalue weighted by Crippen LogP contribution is 2.35. The zero-order chi connectivity index (χ0) is 18.2. The molecule has 0 bridgehead atoms. The molecule has 0 heterocycles. The van der Waals surface area contributed by atoms with E-state index in [1.807, 2.05) is 38.1 Å². The molecule has 0 aliphatic carbocycles. The largest absolute Gasteiger partial charge is 0.503 e. The molecular formula is C18H19BrN2O3S. The number of phenolic OH excluding ortho intramolecular Hbond substituents is 1. The van der Waals surface area contributed by atoms with Gasteiger partial charge in [-0.2, -0.15) is 5.10 Å². The van der Waals surface area contributed by atoms with Crippen LogP contribution in [-0.2, 0) is 4.79 Å². The van der Waals surface area contributed by atoms with Crippen molar-refractivity contribution < 1.29 is 14.6 Å². The van der Waals surface area contributed by atoms with Gasteiger partial charge in [-0.1, -0.05) is 17.7 Å². The summed E-state index contributed by atoms with van der Waals surface area (Å²) in [6, 6.07) is 11.3. The normalized spacial score (nSPS) is 10.8. The molecule has 2 rings (SSSR count). The van der Waals surface area contributed by atoms with E-state index in [1.54, 1.807) is 12.1 Å². The molecule has 0 atom stereocenters. The summed E-state index contributed by atoms with van der Waals surface area (Å²) in [7, 11) is 0. The van der Waals surface area contributed by atoms with E-state index in [-0.39, 0.29) is 17.4 Å². The average Bonchev–Trinajstić information content (AvgIpc) is 2.59. The molecule has 0 radical (unpaired) electrons. The Morgan fingerprint density at radius 1 is 1.36 bits per heavy atom. The molecule has 2 N–H and O–H groups in total. The molecule has 1 amide bonds. The molecule has 7 heteroatoms. The van der Waals surface area contributed by atoms with Crippen molar-refractivity contribution in [1.82, 2.24) is 5.43 Å². The summed E-state index contributed by atoms with van der Waals surface area (Å²) < 4.78 is 5.85. The molecule has 132 valence electrons. The first-order chi connectivity index (χ1) is 12.0. The lowest BCUT2D eigenvalue weighted by molar-refractivity contribution is -0.118. The molecule has 2 aromatic rings. The van der Waals surface area contributed by atoms with Crippen molar-refractivity contribution in [2.45, 2.75) is 18.7 Å². The van der Waals surface area contributed by atoms with E-state index < -0.39 is 0 Å². The molecule has 0 spiro atoms. The Kier molecular flexibility index (Phi) is 7.33. The first kappa shape index (κ1) is 19.3. The number of nitrogens with one attached hydrogen (secondary N) is 1. The molecule has 2 aromatic carbocycles. The van der Waals surface area contributed by atoms with Crippen LogP contribution in [0.4, 0.5) is 0 Å². The number of thioether (sulfide) groups is 1. The maximum Gasteiger partial charge on any atom is 0.250 e. The molecular weight excluding hydrogens is 404 g/mol. The number of hydrogen-bond donors (Lipinski definition) is 2. The van der Waals surface area contributed by atoms with E-state index in [2.05, 4.69) is 26.5 Å². The maximum absolute atomic E-state index is 11.8. The van der Waals surface area contributed by atoms with E-state index in [4.69, 9.17) is 4.74 Å². The fourth-order valence-corrected chi connectivity index (χ4v) is 3.08. The number of aryl methyl sites for hydroxylation is 1. The van der Waals surface area contributed by atoms with Gasteiger partial charge >= 0.3 is 0 Å². The minimum Gasteiger partial charge on any atom is -0.503 e. The molecule has 0 unspecified atom stereocenters. The topological polar surface area (TPSA) is 70.9 Å². The van der Waals surface area contributed by atoms with Crippen LogP contribution in [0.25, 0.3) is 0 Å². The third-order valence-electron chi connectivity index (χ3n) is 3.14. The third-order valence-corrected chi connectivity index (χ3v) is 4.76. The van der Waals surface area contributed by atoms with Crippen LogP contribution in [0.3, 0.4) is 0 Å². The van der Waals surface area contributed by atoms with Crippen molar-refractivity contribution in [1.29, 1.82) is 0 Å². The molecule has 25 heavy (non-hydrogen) atoms. The van der Waals surface area contributed by atoms with Crippen LogP contribution in [0.1, 0.15) is 18.1 Å². The number of hydrogen-bond acceptors (Lipinski definition) is 5. The number of carbonyl (C=O) groups is 1. The quantitative estimate of drug-likeness (QED) is 0.400. The summed E-state index contributed by atoms with van der Waals surface area (Å²) in [5.41, 5.74) is 4.37. The van der Waals surface area contributed by atoms with Crippen molar-refractivity contribution in [3.05, 3.63) is 52.0 Å². The van der Waals surface area contributed by atoms with Gasteiger partial charge in [0.05, 0.1) is 23.0 Å². The van der Waals surface area contributed by atoms with Gasteiger partial charge in [0.25, 0.3) is 0 Å². The monoisotopic (exact) mass is 422 g/mol. The van der Waals surface area contributed by atoms with Crippen molar-refractivity contribution in [3.8, 4) is 11.5 Å². The smallest absolute Gasteiger partial charge is 0.250 e. The lowest BCUT2D eigenvalue weighted by atomic mass is 10.2. The molecule has 0 fully saturated rings. The Balaban J connectivity index is 1.89. The third kappa shape index (κ3) is 6.10. The summed E-state index contributed by atoms with van der Waals surface area (Å²) in [5.74, 6) is 0.492. The van der Waals surface area contributed by atoms with Crippen LogP contribution in [0, 0.1) is 6.92 Å². The Labute approximate surface area is 159 Å². The highest BCUT2D eigenvalue weighted by molar-refractivity contribution is 9.10. The summed E-state index contributed by atoms with van der Waals surface area (Å²) in [6.07, 6.45) is 1.50. The molecule has 0 saturated heterocycles. The molecule has 0 aliphatic heterocycles. The number of benzene rings is 2. The van der Waals surface area contributed by atoms with Gasteiger partial charge in [0.2, 0.25) is 5.91 Å². The first-order valence-electron chi connectivity index (χ1n) is 7.66. The van der Waals surface area contributed by atoms with E-state index >= 15 is 0 Å². The molecule has 5 nitrogen and oxygen atoms in total. The predicted octanol–water partition coefficient (Wildman–Crippen LogP) is 4.10. The number of carbonyl (C=O) groups excluding carboxylic acids is 1. The van der Waals surface area contributed by atoms with Crippen molar-refractivity contribution in [2.24, 2.45) is 5.10 Å². The number of ether oxygens (including phenoxy) is 1. The Bertz CT molecular complexity index is 764. The van der Waals surface area contributed by atoms with E-state index in [9.17, 15) is 9.90 Å². The second-order valence-electron chi connectivity index (χ2n) is 5.18. The van der Waals surface area contributed by atoms with Crippen LogP contribution < -0.4 is 10.2 Å². The standard InChI is InChI=1S/C18H19BrN2O3S/c1-3-24-16-9-13(8-15(19)18(16)23)10-20-21-17(22)11-25-14-6-4-12(2)5-7-14/h4-10,23H,3,11H2,1-2H3,(H,21,22)/b20-10+. The Morgan fingerprint density at radius 2 is 2.08 bits per heavy atom. The highest BCUT2D eigenvalue weighted by atomic mass is 79.9. The lowest BCUT2D eigenvalue weighted by Crippen LogP contribution is -2.19. The van der Waals surface area contributed by atoms with Crippen molar-refractivity contribution in [2.75, 3.05) is 12.4 Å². The van der Waals surface area contributed by atoms with Crippen LogP contribution in [0.5, 0.6) is 11.5 Å². The summed E-state index contributed by atoms with van der Waals surface area (Å²) in [6.45, 7) is 4.29. The summed E-state index contributed by atoms with van der Waals surface area (Å²) >= 11 is 4.71. The number of nitrogens with zero attached hydrogens (tertiary/aromatic N) is 1. The summed E-state index contributed by atoms with van der Waals surface area (Å²) in [5, 5.41) is 13.8. The van der Waals surface area contributed by atoms with Gasteiger partial charge in [-0.3, -0.25) is 4.79 Å². The summed E-state index contributed by atoms with van der Waals surface area (Å²) in [4.78, 5) is 12.9. The number of rotatable bonds is 7. The first-order valence-corrected chi connectivity index (χ1v) is 9.44. The molecule has 0 aromatic heterocycles. The van der Waals surface area contributed by atoms with Gasteiger partial charge in [-0.15, -0.1) is 11.8 Å². The van der Waals surface area contributed by atoms with Gasteiger partial charge in [0.1, 0.15) is 0 Å². The number of phenols is 1. The molecule has 0 aliphatic rings. The van der Waals surface area contributed by atoms with Gasteiger partial charge in [0.15, 0.2) is 11.5 Å². The van der Waals surface area contributed by atoms with E-state index in [0.29, 0.717) is 22.4 Å². The van der Waals surface area contributed by atoms with Gasteiger partial charge in [0, 0.05) is 4.90 Å². The number of halogens is 1. The van der Waals surface area contributed by atoms with Crippen molar-refractivity contribution >= 4 is 39.8 Å². The van der Waals surface area contributed by atoms with E-state index in [1.165, 1.54) is 23.5 Å². The number of hydrazone groups is 1. The molecule has 0 saturated carbocycles. The maximum atomic E-state index is 11.8. The minimum atomic E-state index is -0.190. The Hall–Kier alpha value is -1.99. The second kappa shape index (κ2) is 9.48. The van der Waals surface area contributed by atoms with Crippen molar-refractivity contribution in [3.63, 3.8) is 0 Å².